The lowest BCUT2D eigenvalue weighted by Crippen LogP contribution is -2.45. The SMILES string of the molecule is CCNC(=NCCCCN1CCOCC1)NC1CCN(C(=O)C2CCCC2)C1.I. The third-order valence-corrected chi connectivity index (χ3v) is 6.15. The predicted molar refractivity (Wildman–Crippen MR) is 128 cm³/mol. The number of morpholine rings is 1. The quantitative estimate of drug-likeness (QED) is 0.222. The van der Waals surface area contributed by atoms with Crippen LogP contribution < -0.4 is 10.6 Å². The number of likely N-dealkylation sites (tertiary alicyclic amines) is 1. The van der Waals surface area contributed by atoms with Crippen LogP contribution in [0.2, 0.25) is 0 Å². The lowest BCUT2D eigenvalue weighted by atomic mass is 10.1. The van der Waals surface area contributed by atoms with Gasteiger partial charge >= 0.3 is 0 Å². The molecule has 168 valence electrons. The van der Waals surface area contributed by atoms with Gasteiger partial charge in [0.25, 0.3) is 0 Å². The van der Waals surface area contributed by atoms with E-state index < -0.39 is 0 Å². The van der Waals surface area contributed by atoms with Crippen LogP contribution in [0.4, 0.5) is 0 Å². The third kappa shape index (κ3) is 8.20. The van der Waals surface area contributed by atoms with Crippen molar-refractivity contribution in [3.63, 3.8) is 0 Å². The van der Waals surface area contributed by atoms with Gasteiger partial charge in [0.2, 0.25) is 5.91 Å². The van der Waals surface area contributed by atoms with Gasteiger partial charge in [0.1, 0.15) is 0 Å². The van der Waals surface area contributed by atoms with Crippen LogP contribution in [0.5, 0.6) is 0 Å². The van der Waals surface area contributed by atoms with Crippen LogP contribution in [0, 0.1) is 5.92 Å². The molecule has 0 radical (unpaired) electrons. The van der Waals surface area contributed by atoms with Crippen molar-refractivity contribution in [3.05, 3.63) is 0 Å². The molecule has 1 unspecified atom stereocenters. The topological polar surface area (TPSA) is 69.2 Å². The maximum Gasteiger partial charge on any atom is 0.225 e. The van der Waals surface area contributed by atoms with E-state index in [1.165, 1.54) is 19.3 Å². The van der Waals surface area contributed by atoms with Gasteiger partial charge in [0.15, 0.2) is 5.96 Å². The van der Waals surface area contributed by atoms with E-state index in [0.29, 0.717) is 11.9 Å². The standard InChI is InChI=1S/C21H39N5O2.HI/c1-2-22-21(23-10-5-6-11-25-13-15-28-16-14-25)24-19-9-12-26(17-19)20(27)18-7-3-4-8-18;/h18-19H,2-17H2,1H3,(H2,22,23,24);1H. The monoisotopic (exact) mass is 521 g/mol. The van der Waals surface area contributed by atoms with Crippen molar-refractivity contribution in [3.8, 4) is 0 Å². The van der Waals surface area contributed by atoms with Crippen LogP contribution in [0.15, 0.2) is 4.99 Å². The molecule has 1 aliphatic carbocycles. The van der Waals surface area contributed by atoms with Gasteiger partial charge in [0.05, 0.1) is 13.2 Å². The Hall–Kier alpha value is -0.610. The average molecular weight is 521 g/mol. The first-order chi connectivity index (χ1) is 13.8. The van der Waals surface area contributed by atoms with E-state index >= 15 is 0 Å². The van der Waals surface area contributed by atoms with Crippen LogP contribution in [0.25, 0.3) is 0 Å². The number of hydrogen-bond acceptors (Lipinski definition) is 4. The number of rotatable bonds is 8. The molecule has 3 rings (SSSR count). The molecular weight excluding hydrogens is 481 g/mol. The van der Waals surface area contributed by atoms with E-state index in [-0.39, 0.29) is 29.9 Å². The molecule has 29 heavy (non-hydrogen) atoms. The minimum atomic E-state index is 0. The summed E-state index contributed by atoms with van der Waals surface area (Å²) in [6, 6.07) is 0.316. The number of halogens is 1. The van der Waals surface area contributed by atoms with Crippen LogP contribution in [0.1, 0.15) is 51.9 Å². The van der Waals surface area contributed by atoms with E-state index in [9.17, 15) is 4.79 Å². The first-order valence-corrected chi connectivity index (χ1v) is 11.4. The molecule has 0 bridgehead atoms. The Bertz CT molecular complexity index is 507. The summed E-state index contributed by atoms with van der Waals surface area (Å²) in [6.45, 7) is 10.5. The van der Waals surface area contributed by atoms with Gasteiger partial charge < -0.3 is 20.3 Å². The van der Waals surface area contributed by atoms with Gasteiger partial charge in [0, 0.05) is 51.2 Å². The van der Waals surface area contributed by atoms with Crippen LogP contribution in [0.3, 0.4) is 0 Å². The molecule has 1 amide bonds. The lowest BCUT2D eigenvalue weighted by Gasteiger charge is -2.26. The van der Waals surface area contributed by atoms with Crippen LogP contribution in [-0.4, -0.2) is 86.7 Å². The smallest absolute Gasteiger partial charge is 0.225 e. The summed E-state index contributed by atoms with van der Waals surface area (Å²) in [5.74, 6) is 1.56. The highest BCUT2D eigenvalue weighted by molar-refractivity contribution is 14.0. The largest absolute Gasteiger partial charge is 0.379 e. The van der Waals surface area contributed by atoms with Gasteiger partial charge in [-0.05, 0) is 45.6 Å². The van der Waals surface area contributed by atoms with Gasteiger partial charge in [-0.25, -0.2) is 0 Å². The molecule has 1 atom stereocenters. The molecule has 8 heteroatoms. The summed E-state index contributed by atoms with van der Waals surface area (Å²) >= 11 is 0. The summed E-state index contributed by atoms with van der Waals surface area (Å²) in [5, 5.41) is 6.91. The number of ether oxygens (including phenoxy) is 1. The first-order valence-electron chi connectivity index (χ1n) is 11.4. The van der Waals surface area contributed by atoms with Crippen molar-refractivity contribution in [2.24, 2.45) is 10.9 Å². The van der Waals surface area contributed by atoms with Crippen LogP contribution >= 0.6 is 24.0 Å². The van der Waals surface area contributed by atoms with Crippen molar-refractivity contribution >= 4 is 35.8 Å². The Balaban J connectivity index is 0.00000300. The maximum atomic E-state index is 12.6. The number of carbonyl (C=O) groups excluding carboxylic acids is 1. The molecule has 2 N–H and O–H groups in total. The van der Waals surface area contributed by atoms with E-state index in [2.05, 4.69) is 27.4 Å². The summed E-state index contributed by atoms with van der Waals surface area (Å²) in [4.78, 5) is 21.9. The normalized spacial score (nSPS) is 23.8. The highest BCUT2D eigenvalue weighted by Gasteiger charge is 2.32. The fraction of sp³-hybridized carbons (Fsp3) is 0.905. The number of aliphatic imine (C=N–C) groups is 1. The highest BCUT2D eigenvalue weighted by atomic mass is 127. The Morgan fingerprint density at radius 2 is 1.86 bits per heavy atom. The van der Waals surface area contributed by atoms with Gasteiger partial charge in [-0.15, -0.1) is 24.0 Å². The minimum Gasteiger partial charge on any atom is -0.379 e. The molecule has 2 saturated heterocycles. The number of carbonyl (C=O) groups is 1. The molecule has 0 aromatic carbocycles. The van der Waals surface area contributed by atoms with Crippen molar-refractivity contribution in [2.45, 2.75) is 57.9 Å². The first kappa shape index (κ1) is 24.7. The molecule has 3 aliphatic rings. The molecule has 0 spiro atoms. The fourth-order valence-electron chi connectivity index (χ4n) is 4.49. The van der Waals surface area contributed by atoms with Crippen LogP contribution in [-0.2, 0) is 9.53 Å². The molecule has 1 saturated carbocycles. The third-order valence-electron chi connectivity index (χ3n) is 6.15. The Morgan fingerprint density at radius 1 is 1.10 bits per heavy atom. The number of nitrogens with one attached hydrogen (secondary N) is 2. The fourth-order valence-corrected chi connectivity index (χ4v) is 4.49. The minimum absolute atomic E-state index is 0. The molecular formula is C21H40IN5O2. The van der Waals surface area contributed by atoms with E-state index in [0.717, 1.165) is 90.7 Å². The number of amides is 1. The van der Waals surface area contributed by atoms with Gasteiger partial charge in [-0.2, -0.15) is 0 Å². The molecule has 0 aromatic heterocycles. The Kier molecular flexibility index (Phi) is 11.6. The molecule has 0 aromatic rings. The zero-order chi connectivity index (χ0) is 19.6. The summed E-state index contributed by atoms with van der Waals surface area (Å²) < 4.78 is 5.40. The second kappa shape index (κ2) is 13.6. The predicted octanol–water partition coefficient (Wildman–Crippen LogP) is 2.06. The zero-order valence-electron chi connectivity index (χ0n) is 18.0. The van der Waals surface area contributed by atoms with E-state index in [1.54, 1.807) is 0 Å². The molecule has 3 fully saturated rings. The second-order valence-electron chi connectivity index (χ2n) is 8.32. The molecule has 2 heterocycles. The van der Waals surface area contributed by atoms with Crippen molar-refractivity contribution in [2.75, 3.05) is 59.0 Å². The highest BCUT2D eigenvalue weighted by Crippen LogP contribution is 2.27. The molecule has 2 aliphatic heterocycles. The number of guanidine groups is 1. The summed E-state index contributed by atoms with van der Waals surface area (Å²) in [5.41, 5.74) is 0. The summed E-state index contributed by atoms with van der Waals surface area (Å²) in [7, 11) is 0. The van der Waals surface area contributed by atoms with Gasteiger partial charge in [-0.3, -0.25) is 14.7 Å². The van der Waals surface area contributed by atoms with E-state index in [4.69, 9.17) is 9.73 Å². The van der Waals surface area contributed by atoms with Crippen molar-refractivity contribution < 1.29 is 9.53 Å². The number of nitrogens with zero attached hydrogens (tertiary/aromatic N) is 3. The average Bonchev–Trinajstić information content (AvgIpc) is 3.40. The lowest BCUT2D eigenvalue weighted by molar-refractivity contribution is -0.134. The Morgan fingerprint density at radius 3 is 2.59 bits per heavy atom. The molecule has 7 nitrogen and oxygen atoms in total. The van der Waals surface area contributed by atoms with Crippen molar-refractivity contribution in [1.29, 1.82) is 0 Å². The van der Waals surface area contributed by atoms with E-state index in [1.807, 2.05) is 0 Å². The van der Waals surface area contributed by atoms with Crippen molar-refractivity contribution in [1.82, 2.24) is 20.4 Å². The maximum absolute atomic E-state index is 12.6. The number of unbranched alkanes of at least 4 members (excludes halogenated alkanes) is 1. The second-order valence-corrected chi connectivity index (χ2v) is 8.32. The summed E-state index contributed by atoms with van der Waals surface area (Å²) in [6.07, 6.45) is 7.90. The Labute approximate surface area is 193 Å². The van der Waals surface area contributed by atoms with Gasteiger partial charge in [-0.1, -0.05) is 12.8 Å². The zero-order valence-corrected chi connectivity index (χ0v) is 20.4. The number of hydrogen-bond donors (Lipinski definition) is 2.